The highest BCUT2D eigenvalue weighted by atomic mass is 16.6. The zero-order valence-electron chi connectivity index (χ0n) is 26.3. The van der Waals surface area contributed by atoms with Crippen LogP contribution in [0.4, 0.5) is 5.82 Å². The molecule has 0 atom stereocenters. The standard InChI is InChI=1S/C40H38N2O4/c1-3-45-38(43)40(39(44)46-4-2)25-33-34(26-40)36(32-23-15-8-16-24-32)41-37(35(33)31-21-13-7-14-22-31)42(27-29-17-9-5-10-18-29)28-30-19-11-6-12-20-30/h5-24H,3-4,25-28H2,1-2H3. The Morgan fingerprint density at radius 1 is 0.630 bits per heavy atom. The molecule has 0 unspecified atom stereocenters. The number of carbonyl (C=O) groups is 2. The SMILES string of the molecule is CCOC(=O)C1(C(=O)OCC)Cc2c(-c3ccccc3)nc(N(Cc3ccccc3)Cc3ccccc3)c(-c3ccccc3)c2C1. The smallest absolute Gasteiger partial charge is 0.324 e. The van der Waals surface area contributed by atoms with Crippen molar-refractivity contribution < 1.29 is 19.1 Å². The van der Waals surface area contributed by atoms with Gasteiger partial charge in [0.2, 0.25) is 0 Å². The van der Waals surface area contributed by atoms with Crippen LogP contribution in [0.1, 0.15) is 36.1 Å². The number of fused-ring (bicyclic) bond motifs is 1. The molecule has 1 heterocycles. The molecule has 0 radical (unpaired) electrons. The third-order valence-electron chi connectivity index (χ3n) is 8.52. The molecular formula is C40H38N2O4. The zero-order chi connectivity index (χ0) is 31.9. The Morgan fingerprint density at radius 2 is 1.07 bits per heavy atom. The van der Waals surface area contributed by atoms with E-state index in [-0.39, 0.29) is 26.1 Å². The molecule has 5 aromatic rings. The molecule has 1 aliphatic carbocycles. The van der Waals surface area contributed by atoms with Crippen molar-refractivity contribution in [1.29, 1.82) is 0 Å². The molecule has 1 aromatic heterocycles. The fourth-order valence-corrected chi connectivity index (χ4v) is 6.41. The summed E-state index contributed by atoms with van der Waals surface area (Å²) >= 11 is 0. The van der Waals surface area contributed by atoms with Gasteiger partial charge in [0.05, 0.1) is 18.9 Å². The normalized spacial score (nSPS) is 13.1. The summed E-state index contributed by atoms with van der Waals surface area (Å²) in [6, 6.07) is 40.9. The van der Waals surface area contributed by atoms with Gasteiger partial charge in [0.15, 0.2) is 5.41 Å². The number of aromatic nitrogens is 1. The highest BCUT2D eigenvalue weighted by Crippen LogP contribution is 2.49. The molecule has 6 nitrogen and oxygen atoms in total. The van der Waals surface area contributed by atoms with Crippen LogP contribution in [0, 0.1) is 5.41 Å². The summed E-state index contributed by atoms with van der Waals surface area (Å²) in [6.45, 7) is 5.06. The van der Waals surface area contributed by atoms with E-state index in [1.54, 1.807) is 13.8 Å². The first-order valence-electron chi connectivity index (χ1n) is 15.9. The van der Waals surface area contributed by atoms with E-state index in [0.717, 1.165) is 50.5 Å². The van der Waals surface area contributed by atoms with Gasteiger partial charge in [-0.05, 0) is 41.7 Å². The summed E-state index contributed by atoms with van der Waals surface area (Å²) in [6.07, 6.45) is 0.304. The predicted octanol–water partition coefficient (Wildman–Crippen LogP) is 7.83. The van der Waals surface area contributed by atoms with Gasteiger partial charge in [-0.15, -0.1) is 0 Å². The lowest BCUT2D eigenvalue weighted by Crippen LogP contribution is -2.43. The number of carbonyl (C=O) groups excluding carboxylic acids is 2. The van der Waals surface area contributed by atoms with Crippen molar-refractivity contribution in [3.05, 3.63) is 144 Å². The van der Waals surface area contributed by atoms with Gasteiger partial charge in [-0.1, -0.05) is 121 Å². The van der Waals surface area contributed by atoms with E-state index in [2.05, 4.69) is 41.3 Å². The summed E-state index contributed by atoms with van der Waals surface area (Å²) in [5.74, 6) is -0.329. The van der Waals surface area contributed by atoms with Crippen LogP contribution >= 0.6 is 0 Å². The maximum Gasteiger partial charge on any atom is 0.324 e. The number of esters is 2. The van der Waals surface area contributed by atoms with Crippen LogP contribution in [0.25, 0.3) is 22.4 Å². The Labute approximate surface area is 270 Å². The van der Waals surface area contributed by atoms with Gasteiger partial charge in [0, 0.05) is 37.1 Å². The molecule has 0 saturated heterocycles. The molecule has 0 fully saturated rings. The van der Waals surface area contributed by atoms with E-state index in [9.17, 15) is 9.59 Å². The van der Waals surface area contributed by atoms with Crippen LogP contribution in [-0.4, -0.2) is 30.1 Å². The fourth-order valence-electron chi connectivity index (χ4n) is 6.41. The van der Waals surface area contributed by atoms with Crippen LogP contribution in [0.3, 0.4) is 0 Å². The number of rotatable bonds is 11. The van der Waals surface area contributed by atoms with Gasteiger partial charge in [-0.25, -0.2) is 4.98 Å². The van der Waals surface area contributed by atoms with E-state index in [1.165, 1.54) is 0 Å². The maximum absolute atomic E-state index is 13.8. The molecule has 0 saturated carbocycles. The number of hydrogen-bond donors (Lipinski definition) is 0. The molecule has 0 spiro atoms. The highest BCUT2D eigenvalue weighted by Gasteiger charge is 2.55. The van der Waals surface area contributed by atoms with Crippen molar-refractivity contribution in [2.24, 2.45) is 5.41 Å². The van der Waals surface area contributed by atoms with Crippen LogP contribution in [0.15, 0.2) is 121 Å². The Bertz CT molecular complexity index is 1730. The monoisotopic (exact) mass is 610 g/mol. The fraction of sp³-hybridized carbons (Fsp3) is 0.225. The van der Waals surface area contributed by atoms with Crippen molar-refractivity contribution in [3.8, 4) is 22.4 Å². The van der Waals surface area contributed by atoms with Crippen molar-refractivity contribution in [2.75, 3.05) is 18.1 Å². The minimum atomic E-state index is -1.51. The maximum atomic E-state index is 13.8. The third-order valence-corrected chi connectivity index (χ3v) is 8.52. The average molecular weight is 611 g/mol. The first kappa shape index (κ1) is 30.8. The molecule has 6 heteroatoms. The van der Waals surface area contributed by atoms with Gasteiger partial charge in [0.1, 0.15) is 5.82 Å². The van der Waals surface area contributed by atoms with Gasteiger partial charge < -0.3 is 14.4 Å². The molecule has 232 valence electrons. The van der Waals surface area contributed by atoms with Gasteiger partial charge in [-0.3, -0.25) is 9.59 Å². The van der Waals surface area contributed by atoms with Crippen molar-refractivity contribution in [3.63, 3.8) is 0 Å². The van der Waals surface area contributed by atoms with E-state index >= 15 is 0 Å². The molecular weight excluding hydrogens is 572 g/mol. The minimum Gasteiger partial charge on any atom is -0.465 e. The Morgan fingerprint density at radius 3 is 1.54 bits per heavy atom. The first-order valence-corrected chi connectivity index (χ1v) is 15.9. The van der Waals surface area contributed by atoms with E-state index in [1.807, 2.05) is 84.9 Å². The molecule has 4 aromatic carbocycles. The molecule has 0 N–H and O–H groups in total. The summed E-state index contributed by atoms with van der Waals surface area (Å²) in [4.78, 5) is 35.4. The second kappa shape index (κ2) is 13.8. The lowest BCUT2D eigenvalue weighted by atomic mass is 9.84. The summed E-state index contributed by atoms with van der Waals surface area (Å²) in [5.41, 5.74) is 6.13. The topological polar surface area (TPSA) is 68.7 Å². The molecule has 0 bridgehead atoms. The van der Waals surface area contributed by atoms with Gasteiger partial charge >= 0.3 is 11.9 Å². The quantitative estimate of drug-likeness (QED) is 0.112. The second-order valence-electron chi connectivity index (χ2n) is 11.6. The number of pyridine rings is 1. The number of hydrogen-bond acceptors (Lipinski definition) is 6. The third kappa shape index (κ3) is 6.16. The van der Waals surface area contributed by atoms with E-state index < -0.39 is 17.4 Å². The van der Waals surface area contributed by atoms with Crippen molar-refractivity contribution >= 4 is 17.8 Å². The van der Waals surface area contributed by atoms with E-state index in [4.69, 9.17) is 14.5 Å². The van der Waals surface area contributed by atoms with Crippen LogP contribution in [0.5, 0.6) is 0 Å². The molecule has 0 amide bonds. The summed E-state index contributed by atoms with van der Waals surface area (Å²) in [5, 5.41) is 0. The predicted molar refractivity (Wildman–Crippen MR) is 181 cm³/mol. The zero-order valence-corrected chi connectivity index (χ0v) is 26.3. The van der Waals surface area contributed by atoms with Crippen molar-refractivity contribution in [1.82, 2.24) is 4.98 Å². The summed E-state index contributed by atoms with van der Waals surface area (Å²) < 4.78 is 11.2. The van der Waals surface area contributed by atoms with Gasteiger partial charge in [-0.2, -0.15) is 0 Å². The molecule has 46 heavy (non-hydrogen) atoms. The van der Waals surface area contributed by atoms with E-state index in [0.29, 0.717) is 13.1 Å². The summed E-state index contributed by atoms with van der Waals surface area (Å²) in [7, 11) is 0. The van der Waals surface area contributed by atoms with Crippen LogP contribution < -0.4 is 4.90 Å². The highest BCUT2D eigenvalue weighted by molar-refractivity contribution is 6.03. The lowest BCUT2D eigenvalue weighted by molar-refractivity contribution is -0.171. The number of anilines is 1. The molecule has 1 aliphatic rings. The first-order chi connectivity index (χ1) is 22.5. The second-order valence-corrected chi connectivity index (χ2v) is 11.6. The number of benzene rings is 4. The minimum absolute atomic E-state index is 0.148. The Balaban J connectivity index is 1.64. The molecule has 0 aliphatic heterocycles. The number of nitrogens with zero attached hydrogens (tertiary/aromatic N) is 2. The van der Waals surface area contributed by atoms with Crippen LogP contribution in [-0.2, 0) is 45.0 Å². The Hall–Kier alpha value is -5.23. The van der Waals surface area contributed by atoms with Crippen molar-refractivity contribution in [2.45, 2.75) is 39.8 Å². The average Bonchev–Trinajstić information content (AvgIpc) is 3.51. The largest absolute Gasteiger partial charge is 0.465 e. The number of ether oxygens (including phenoxy) is 2. The molecule has 6 rings (SSSR count). The van der Waals surface area contributed by atoms with Crippen LogP contribution in [0.2, 0.25) is 0 Å². The Kier molecular flexibility index (Phi) is 9.25. The van der Waals surface area contributed by atoms with Gasteiger partial charge in [0.25, 0.3) is 0 Å². The lowest BCUT2D eigenvalue weighted by Gasteiger charge is -2.29.